The van der Waals surface area contributed by atoms with E-state index >= 15 is 0 Å². The van der Waals surface area contributed by atoms with Gasteiger partial charge in [-0.15, -0.1) is 11.8 Å². The van der Waals surface area contributed by atoms with Gasteiger partial charge in [0.25, 0.3) is 5.69 Å². The first kappa shape index (κ1) is 19.6. The number of non-ortho nitro benzene ring substituents is 1. The summed E-state index contributed by atoms with van der Waals surface area (Å²) in [6, 6.07) is 25.6. The zero-order valence-electron chi connectivity index (χ0n) is 15.3. The predicted octanol–water partition coefficient (Wildman–Crippen LogP) is 4.98. The topological polar surface area (TPSA) is 72.2 Å². The van der Waals surface area contributed by atoms with Crippen LogP contribution >= 0.6 is 11.8 Å². The Balaban J connectivity index is 1.73. The van der Waals surface area contributed by atoms with Crippen molar-refractivity contribution < 1.29 is 9.72 Å². The first-order valence-corrected chi connectivity index (χ1v) is 9.74. The monoisotopic (exact) mass is 392 g/mol. The molecule has 6 heteroatoms. The van der Waals surface area contributed by atoms with Gasteiger partial charge in [-0.25, -0.2) is 0 Å². The van der Waals surface area contributed by atoms with E-state index in [2.05, 4.69) is 5.32 Å². The molecule has 0 bridgehead atoms. The number of benzene rings is 3. The van der Waals surface area contributed by atoms with Gasteiger partial charge in [-0.1, -0.05) is 60.7 Å². The average Bonchev–Trinajstić information content (AvgIpc) is 2.73. The summed E-state index contributed by atoms with van der Waals surface area (Å²) in [6.07, 6.45) is 0. The van der Waals surface area contributed by atoms with Gasteiger partial charge < -0.3 is 5.32 Å². The molecule has 0 aliphatic carbocycles. The Bertz CT molecular complexity index is 892. The van der Waals surface area contributed by atoms with Crippen molar-refractivity contribution in [1.82, 2.24) is 5.32 Å². The summed E-state index contributed by atoms with van der Waals surface area (Å²) in [6.45, 7) is 1.83. The molecule has 5 nitrogen and oxygen atoms in total. The standard InChI is InChI=1S/C22H20N2O3S/c1-16(28-20-14-12-19(13-15-20)24(26)27)22(25)23-21(17-8-4-2-5-9-17)18-10-6-3-7-11-18/h2-16,21H,1H3,(H,23,25). The molecule has 1 amide bonds. The Hall–Kier alpha value is -3.12. The smallest absolute Gasteiger partial charge is 0.269 e. The molecule has 3 aromatic rings. The van der Waals surface area contributed by atoms with Crippen LogP contribution in [0.4, 0.5) is 5.69 Å². The Labute approximate surface area is 167 Å². The van der Waals surface area contributed by atoms with Gasteiger partial charge in [-0.05, 0) is 30.2 Å². The molecule has 3 aromatic carbocycles. The lowest BCUT2D eigenvalue weighted by Crippen LogP contribution is -2.34. The van der Waals surface area contributed by atoms with E-state index in [1.165, 1.54) is 23.9 Å². The number of hydrogen-bond donors (Lipinski definition) is 1. The molecule has 0 heterocycles. The van der Waals surface area contributed by atoms with Gasteiger partial charge in [0.1, 0.15) is 0 Å². The SMILES string of the molecule is CC(Sc1ccc([N+](=O)[O-])cc1)C(=O)NC(c1ccccc1)c1ccccc1. The van der Waals surface area contributed by atoms with Crippen molar-refractivity contribution in [1.29, 1.82) is 0 Å². The summed E-state index contributed by atoms with van der Waals surface area (Å²) < 4.78 is 0. The van der Waals surface area contributed by atoms with Crippen LogP contribution in [0.1, 0.15) is 24.1 Å². The third kappa shape index (κ3) is 4.98. The zero-order chi connectivity index (χ0) is 19.9. The number of amides is 1. The molecule has 1 N–H and O–H groups in total. The van der Waals surface area contributed by atoms with E-state index in [9.17, 15) is 14.9 Å². The fourth-order valence-corrected chi connectivity index (χ4v) is 3.69. The molecule has 0 aliphatic rings. The van der Waals surface area contributed by atoms with Gasteiger partial charge >= 0.3 is 0 Å². The summed E-state index contributed by atoms with van der Waals surface area (Å²) in [5.41, 5.74) is 2.05. The minimum Gasteiger partial charge on any atom is -0.344 e. The number of nitrogens with one attached hydrogen (secondary N) is 1. The number of nitrogens with zero attached hydrogens (tertiary/aromatic N) is 1. The molecular weight excluding hydrogens is 372 g/mol. The van der Waals surface area contributed by atoms with Gasteiger partial charge in [0.15, 0.2) is 0 Å². The van der Waals surface area contributed by atoms with Crippen LogP contribution < -0.4 is 5.32 Å². The number of carbonyl (C=O) groups is 1. The van der Waals surface area contributed by atoms with E-state index in [-0.39, 0.29) is 22.9 Å². The second-order valence-corrected chi connectivity index (χ2v) is 7.69. The molecule has 0 aliphatic heterocycles. The van der Waals surface area contributed by atoms with Crippen LogP contribution in [0.3, 0.4) is 0 Å². The van der Waals surface area contributed by atoms with Gasteiger partial charge in [0.05, 0.1) is 16.2 Å². The number of hydrogen-bond acceptors (Lipinski definition) is 4. The van der Waals surface area contributed by atoms with E-state index < -0.39 is 4.92 Å². The third-order valence-electron chi connectivity index (χ3n) is 4.28. The highest BCUT2D eigenvalue weighted by molar-refractivity contribution is 8.00. The Morgan fingerprint density at radius 2 is 1.39 bits per heavy atom. The number of thioether (sulfide) groups is 1. The molecule has 28 heavy (non-hydrogen) atoms. The molecule has 0 saturated carbocycles. The minimum absolute atomic E-state index is 0.0367. The van der Waals surface area contributed by atoms with Gasteiger partial charge in [0, 0.05) is 17.0 Å². The maximum atomic E-state index is 12.8. The van der Waals surface area contributed by atoms with Crippen molar-refractivity contribution in [3.63, 3.8) is 0 Å². The highest BCUT2D eigenvalue weighted by atomic mass is 32.2. The van der Waals surface area contributed by atoms with E-state index in [4.69, 9.17) is 0 Å². The van der Waals surface area contributed by atoms with Gasteiger partial charge in [-0.3, -0.25) is 14.9 Å². The first-order chi connectivity index (χ1) is 13.5. The van der Waals surface area contributed by atoms with E-state index in [0.29, 0.717) is 0 Å². The van der Waals surface area contributed by atoms with Gasteiger partial charge in [-0.2, -0.15) is 0 Å². The lowest BCUT2D eigenvalue weighted by atomic mass is 9.98. The van der Waals surface area contributed by atoms with Crippen molar-refractivity contribution in [2.75, 3.05) is 0 Å². The second-order valence-electron chi connectivity index (χ2n) is 6.27. The maximum Gasteiger partial charge on any atom is 0.269 e. The second kappa shape index (κ2) is 9.19. The molecule has 0 aromatic heterocycles. The Kier molecular flexibility index (Phi) is 6.45. The van der Waals surface area contributed by atoms with Crippen LogP contribution in [0, 0.1) is 10.1 Å². The normalized spacial score (nSPS) is 11.8. The molecular formula is C22H20N2O3S. The zero-order valence-corrected chi connectivity index (χ0v) is 16.1. The quantitative estimate of drug-likeness (QED) is 0.350. The lowest BCUT2D eigenvalue weighted by molar-refractivity contribution is -0.384. The van der Waals surface area contributed by atoms with Crippen molar-refractivity contribution in [3.05, 3.63) is 106 Å². The molecule has 0 spiro atoms. The Morgan fingerprint density at radius 1 is 0.893 bits per heavy atom. The lowest BCUT2D eigenvalue weighted by Gasteiger charge is -2.22. The van der Waals surface area contributed by atoms with E-state index in [0.717, 1.165) is 16.0 Å². The first-order valence-electron chi connectivity index (χ1n) is 8.86. The van der Waals surface area contributed by atoms with Crippen LogP contribution in [0.2, 0.25) is 0 Å². The van der Waals surface area contributed by atoms with Crippen molar-refractivity contribution in [2.45, 2.75) is 23.1 Å². The minimum atomic E-state index is -0.436. The van der Waals surface area contributed by atoms with Crippen LogP contribution in [-0.4, -0.2) is 16.1 Å². The molecule has 1 unspecified atom stereocenters. The average molecular weight is 392 g/mol. The summed E-state index contributed by atoms with van der Waals surface area (Å²) >= 11 is 1.37. The fourth-order valence-electron chi connectivity index (χ4n) is 2.81. The van der Waals surface area contributed by atoms with Crippen LogP contribution in [-0.2, 0) is 4.79 Å². The van der Waals surface area contributed by atoms with Crippen molar-refractivity contribution in [2.24, 2.45) is 0 Å². The molecule has 142 valence electrons. The number of rotatable bonds is 7. The summed E-state index contributed by atoms with van der Waals surface area (Å²) in [7, 11) is 0. The molecule has 1 atom stereocenters. The van der Waals surface area contributed by atoms with Crippen molar-refractivity contribution in [3.8, 4) is 0 Å². The molecule has 0 radical (unpaired) electrons. The summed E-state index contributed by atoms with van der Waals surface area (Å²) in [5, 5.41) is 13.5. The van der Waals surface area contributed by atoms with Crippen LogP contribution in [0.25, 0.3) is 0 Å². The fraction of sp³-hybridized carbons (Fsp3) is 0.136. The number of carbonyl (C=O) groups excluding carboxylic acids is 1. The van der Waals surface area contributed by atoms with Crippen LogP contribution in [0.5, 0.6) is 0 Å². The largest absolute Gasteiger partial charge is 0.344 e. The molecule has 3 rings (SSSR count). The van der Waals surface area contributed by atoms with Crippen LogP contribution in [0.15, 0.2) is 89.8 Å². The third-order valence-corrected chi connectivity index (χ3v) is 5.39. The van der Waals surface area contributed by atoms with E-state index in [1.54, 1.807) is 12.1 Å². The maximum absolute atomic E-state index is 12.8. The molecule has 0 fully saturated rings. The van der Waals surface area contributed by atoms with Crippen molar-refractivity contribution >= 4 is 23.4 Å². The highest BCUT2D eigenvalue weighted by Gasteiger charge is 2.21. The molecule has 0 saturated heterocycles. The number of nitro benzene ring substituents is 1. The Morgan fingerprint density at radius 3 is 1.86 bits per heavy atom. The summed E-state index contributed by atoms with van der Waals surface area (Å²) in [5.74, 6) is -0.0962. The van der Waals surface area contributed by atoms with Gasteiger partial charge in [0.2, 0.25) is 5.91 Å². The van der Waals surface area contributed by atoms with E-state index in [1.807, 2.05) is 67.6 Å². The number of nitro groups is 1. The predicted molar refractivity (Wildman–Crippen MR) is 111 cm³/mol. The highest BCUT2D eigenvalue weighted by Crippen LogP contribution is 2.27. The summed E-state index contributed by atoms with van der Waals surface area (Å²) in [4.78, 5) is 24.0.